The van der Waals surface area contributed by atoms with Crippen molar-refractivity contribution in [2.75, 3.05) is 0 Å². The average molecular weight is 167 g/mol. The third-order valence-corrected chi connectivity index (χ3v) is 2.06. The summed E-state index contributed by atoms with van der Waals surface area (Å²) < 4.78 is 0. The third kappa shape index (κ3) is 1.95. The predicted octanol–water partition coefficient (Wildman–Crippen LogP) is 1.32. The highest BCUT2D eigenvalue weighted by Gasteiger charge is 2.12. The van der Waals surface area contributed by atoms with Gasteiger partial charge in [0.2, 0.25) is 0 Å². The van der Waals surface area contributed by atoms with Gasteiger partial charge in [-0.1, -0.05) is 25.2 Å². The zero-order valence-electron chi connectivity index (χ0n) is 7.12. The summed E-state index contributed by atoms with van der Waals surface area (Å²) in [5, 5.41) is 0. The van der Waals surface area contributed by atoms with Gasteiger partial charge in [-0.25, -0.2) is 4.79 Å². The van der Waals surface area contributed by atoms with Crippen molar-refractivity contribution in [2.45, 2.75) is 19.8 Å². The highest BCUT2D eigenvalue weighted by molar-refractivity contribution is 5.91. The molecule has 0 saturated heterocycles. The molecule has 0 aromatic heterocycles. The summed E-state index contributed by atoms with van der Waals surface area (Å²) in [7, 11) is 0. The Balaban J connectivity index is 2.57. The number of carbonyl (C=O) groups is 1. The van der Waals surface area contributed by atoms with Crippen LogP contribution in [-0.2, 0) is 9.63 Å². The molecule has 3 heteroatoms. The molecule has 0 bridgehead atoms. The largest absolute Gasteiger partial charge is 0.370 e. The van der Waals surface area contributed by atoms with E-state index in [1.807, 2.05) is 12.2 Å². The van der Waals surface area contributed by atoms with Crippen molar-refractivity contribution in [3.63, 3.8) is 0 Å². The maximum Gasteiger partial charge on any atom is 0.356 e. The van der Waals surface area contributed by atoms with Crippen LogP contribution in [0.25, 0.3) is 0 Å². The van der Waals surface area contributed by atoms with Gasteiger partial charge >= 0.3 is 5.97 Å². The number of allylic oxidation sites excluding steroid dienone is 2. The molecule has 0 fully saturated rings. The van der Waals surface area contributed by atoms with Crippen molar-refractivity contribution in [2.24, 2.45) is 11.8 Å². The van der Waals surface area contributed by atoms with E-state index >= 15 is 0 Å². The fraction of sp³-hybridized carbons (Fsp3) is 0.444. The fourth-order valence-corrected chi connectivity index (χ4v) is 1.19. The van der Waals surface area contributed by atoms with Crippen molar-refractivity contribution in [3.8, 4) is 0 Å². The van der Waals surface area contributed by atoms with Gasteiger partial charge in [-0.2, -0.15) is 5.90 Å². The van der Waals surface area contributed by atoms with E-state index in [0.29, 0.717) is 11.5 Å². The lowest BCUT2D eigenvalue weighted by atomic mass is 9.95. The van der Waals surface area contributed by atoms with Gasteiger partial charge in [0, 0.05) is 0 Å². The van der Waals surface area contributed by atoms with E-state index in [1.54, 1.807) is 6.08 Å². The molecule has 0 heterocycles. The average Bonchev–Trinajstić information content (AvgIpc) is 2.17. The normalized spacial score (nSPS) is 21.8. The van der Waals surface area contributed by atoms with Crippen molar-refractivity contribution in [1.29, 1.82) is 0 Å². The van der Waals surface area contributed by atoms with E-state index in [4.69, 9.17) is 5.90 Å². The lowest BCUT2D eigenvalue weighted by Crippen LogP contribution is -2.13. The summed E-state index contributed by atoms with van der Waals surface area (Å²) in [5.74, 6) is 4.84. The van der Waals surface area contributed by atoms with Gasteiger partial charge in [0.1, 0.15) is 0 Å². The molecule has 0 aliphatic heterocycles. The van der Waals surface area contributed by atoms with Crippen LogP contribution in [0, 0.1) is 5.92 Å². The fourth-order valence-electron chi connectivity index (χ4n) is 1.19. The standard InChI is InChI=1S/C9H13NO2/c1-2-7-3-5-8(6-4-7)9(11)12-10/h3,5-7H,2,4,10H2,1H3. The molecule has 0 aromatic carbocycles. The SMILES string of the molecule is CCC1C=CC(C(=O)ON)=CC1. The van der Waals surface area contributed by atoms with Crippen LogP contribution in [0.15, 0.2) is 23.8 Å². The van der Waals surface area contributed by atoms with Gasteiger partial charge in [0.15, 0.2) is 0 Å². The van der Waals surface area contributed by atoms with Crippen LogP contribution < -0.4 is 5.90 Å². The van der Waals surface area contributed by atoms with Gasteiger partial charge in [-0.15, -0.1) is 0 Å². The summed E-state index contributed by atoms with van der Waals surface area (Å²) in [4.78, 5) is 15.0. The quantitative estimate of drug-likeness (QED) is 0.631. The maximum atomic E-state index is 10.9. The summed E-state index contributed by atoms with van der Waals surface area (Å²) >= 11 is 0. The molecule has 1 aliphatic rings. The molecule has 1 atom stereocenters. The molecule has 66 valence electrons. The molecule has 1 unspecified atom stereocenters. The van der Waals surface area contributed by atoms with E-state index in [1.165, 1.54) is 0 Å². The van der Waals surface area contributed by atoms with E-state index < -0.39 is 5.97 Å². The molecule has 0 spiro atoms. The Kier molecular flexibility index (Phi) is 3.05. The number of hydrogen-bond acceptors (Lipinski definition) is 3. The lowest BCUT2D eigenvalue weighted by Gasteiger charge is -2.12. The van der Waals surface area contributed by atoms with Crippen LogP contribution in [0.4, 0.5) is 0 Å². The predicted molar refractivity (Wildman–Crippen MR) is 45.9 cm³/mol. The van der Waals surface area contributed by atoms with Gasteiger partial charge in [0.05, 0.1) is 5.57 Å². The van der Waals surface area contributed by atoms with Crippen LogP contribution >= 0.6 is 0 Å². The number of carbonyl (C=O) groups excluding carboxylic acids is 1. The molecule has 0 aromatic rings. The summed E-state index contributed by atoms with van der Waals surface area (Å²) in [6.07, 6.45) is 7.65. The Morgan fingerprint density at radius 3 is 3.00 bits per heavy atom. The molecule has 2 N–H and O–H groups in total. The summed E-state index contributed by atoms with van der Waals surface area (Å²) in [5.41, 5.74) is 0.558. The van der Waals surface area contributed by atoms with Crippen molar-refractivity contribution in [1.82, 2.24) is 0 Å². The Hall–Kier alpha value is -1.09. The zero-order chi connectivity index (χ0) is 8.97. The molecule has 1 aliphatic carbocycles. The van der Waals surface area contributed by atoms with Crippen molar-refractivity contribution < 1.29 is 9.63 Å². The lowest BCUT2D eigenvalue weighted by molar-refractivity contribution is -0.139. The van der Waals surface area contributed by atoms with Crippen LogP contribution in [0.5, 0.6) is 0 Å². The Morgan fingerprint density at radius 1 is 1.83 bits per heavy atom. The molecule has 3 nitrogen and oxygen atoms in total. The second-order valence-electron chi connectivity index (χ2n) is 2.83. The molecular weight excluding hydrogens is 154 g/mol. The highest BCUT2D eigenvalue weighted by Crippen LogP contribution is 2.19. The van der Waals surface area contributed by atoms with Gasteiger partial charge in [-0.3, -0.25) is 0 Å². The Morgan fingerprint density at radius 2 is 2.58 bits per heavy atom. The van der Waals surface area contributed by atoms with Crippen molar-refractivity contribution in [3.05, 3.63) is 23.8 Å². The van der Waals surface area contributed by atoms with Gasteiger partial charge in [-0.05, 0) is 18.8 Å². The second-order valence-corrected chi connectivity index (χ2v) is 2.83. The van der Waals surface area contributed by atoms with Crippen LogP contribution in [0.2, 0.25) is 0 Å². The zero-order valence-corrected chi connectivity index (χ0v) is 7.12. The number of rotatable bonds is 2. The first-order valence-corrected chi connectivity index (χ1v) is 4.07. The van der Waals surface area contributed by atoms with Gasteiger partial charge in [0.25, 0.3) is 0 Å². The van der Waals surface area contributed by atoms with E-state index in [0.717, 1.165) is 12.8 Å². The third-order valence-electron chi connectivity index (χ3n) is 2.06. The minimum absolute atomic E-state index is 0.458. The summed E-state index contributed by atoms with van der Waals surface area (Å²) in [6, 6.07) is 0. The first kappa shape index (κ1) is 9.00. The maximum absolute atomic E-state index is 10.9. The highest BCUT2D eigenvalue weighted by atomic mass is 16.7. The molecular formula is C9H13NO2. The smallest absolute Gasteiger partial charge is 0.356 e. The molecule has 12 heavy (non-hydrogen) atoms. The van der Waals surface area contributed by atoms with E-state index in [9.17, 15) is 4.79 Å². The van der Waals surface area contributed by atoms with Crippen LogP contribution in [0.3, 0.4) is 0 Å². The van der Waals surface area contributed by atoms with Crippen LogP contribution in [-0.4, -0.2) is 5.97 Å². The van der Waals surface area contributed by atoms with E-state index in [2.05, 4.69) is 11.8 Å². The summed E-state index contributed by atoms with van der Waals surface area (Å²) in [6.45, 7) is 2.12. The minimum Gasteiger partial charge on any atom is -0.370 e. The number of hydrogen-bond donors (Lipinski definition) is 1. The van der Waals surface area contributed by atoms with Crippen LogP contribution in [0.1, 0.15) is 19.8 Å². The van der Waals surface area contributed by atoms with E-state index in [-0.39, 0.29) is 0 Å². The minimum atomic E-state index is -0.458. The molecule has 0 amide bonds. The van der Waals surface area contributed by atoms with Crippen molar-refractivity contribution >= 4 is 5.97 Å². The monoisotopic (exact) mass is 167 g/mol. The Labute approximate surface area is 71.8 Å². The molecule has 0 radical (unpaired) electrons. The van der Waals surface area contributed by atoms with Gasteiger partial charge < -0.3 is 4.84 Å². The first-order chi connectivity index (χ1) is 5.77. The first-order valence-electron chi connectivity index (χ1n) is 4.07. The Bertz CT molecular complexity index is 231. The topological polar surface area (TPSA) is 52.3 Å². The molecule has 1 rings (SSSR count). The molecule has 0 saturated carbocycles. The number of nitrogens with two attached hydrogens (primary N) is 1. The second kappa shape index (κ2) is 4.07.